The Morgan fingerprint density at radius 3 is 2.44 bits per heavy atom. The Labute approximate surface area is 99.0 Å². The lowest BCUT2D eigenvalue weighted by Gasteiger charge is -2.47. The van der Waals surface area contributed by atoms with E-state index in [9.17, 15) is 5.11 Å². The Kier molecular flexibility index (Phi) is 3.21. The number of nitrogens with one attached hydrogen (secondary N) is 1. The molecule has 0 spiro atoms. The summed E-state index contributed by atoms with van der Waals surface area (Å²) in [5.74, 6) is 1.29. The zero-order valence-corrected chi connectivity index (χ0v) is 10.3. The lowest BCUT2D eigenvalue weighted by atomic mass is 9.67. The van der Waals surface area contributed by atoms with E-state index in [1.807, 2.05) is 4.90 Å². The molecule has 2 nitrogen and oxygen atoms in total. The highest BCUT2D eigenvalue weighted by Gasteiger charge is 2.45. The Morgan fingerprint density at radius 1 is 0.812 bits per heavy atom. The molecule has 1 saturated heterocycles. The van der Waals surface area contributed by atoms with Gasteiger partial charge >= 0.3 is 0 Å². The SMILES string of the molecule is O[C@@H]1[C@@H]2CCC[C@H]1[C@@H]([NH+]1CCCCC1)CC2. The van der Waals surface area contributed by atoms with Crippen LogP contribution in [0.1, 0.15) is 51.4 Å². The Morgan fingerprint density at radius 2 is 1.62 bits per heavy atom. The van der Waals surface area contributed by atoms with Crippen molar-refractivity contribution in [1.29, 1.82) is 0 Å². The van der Waals surface area contributed by atoms with Crippen LogP contribution < -0.4 is 4.90 Å². The molecule has 2 heteroatoms. The van der Waals surface area contributed by atoms with Gasteiger partial charge in [-0.3, -0.25) is 0 Å². The van der Waals surface area contributed by atoms with Crippen molar-refractivity contribution in [3.63, 3.8) is 0 Å². The first-order valence-electron chi connectivity index (χ1n) is 7.39. The maximum atomic E-state index is 10.4. The van der Waals surface area contributed by atoms with Crippen LogP contribution in [0, 0.1) is 11.8 Å². The van der Waals surface area contributed by atoms with E-state index in [4.69, 9.17) is 0 Å². The highest BCUT2D eigenvalue weighted by atomic mass is 16.3. The number of rotatable bonds is 1. The molecule has 3 rings (SSSR count). The normalized spacial score (nSPS) is 45.6. The summed E-state index contributed by atoms with van der Waals surface area (Å²) in [7, 11) is 0. The topological polar surface area (TPSA) is 24.7 Å². The van der Waals surface area contributed by atoms with Crippen LogP contribution in [0.2, 0.25) is 0 Å². The molecule has 3 aliphatic rings. The first kappa shape index (κ1) is 11.0. The molecule has 2 bridgehead atoms. The Bertz CT molecular complexity index is 237. The van der Waals surface area contributed by atoms with Gasteiger partial charge in [0.15, 0.2) is 0 Å². The van der Waals surface area contributed by atoms with Crippen LogP contribution in [0.25, 0.3) is 0 Å². The van der Waals surface area contributed by atoms with Crippen LogP contribution in [0.5, 0.6) is 0 Å². The van der Waals surface area contributed by atoms with Crippen molar-refractivity contribution in [3.05, 3.63) is 0 Å². The number of piperidine rings is 1. The molecule has 0 radical (unpaired) electrons. The molecule has 1 aliphatic heterocycles. The molecule has 92 valence electrons. The highest BCUT2D eigenvalue weighted by Crippen LogP contribution is 2.39. The monoisotopic (exact) mass is 224 g/mol. The minimum atomic E-state index is 0.0435. The van der Waals surface area contributed by atoms with Crippen molar-refractivity contribution in [1.82, 2.24) is 0 Å². The summed E-state index contributed by atoms with van der Waals surface area (Å²) >= 11 is 0. The molecule has 4 atom stereocenters. The van der Waals surface area contributed by atoms with E-state index < -0.39 is 0 Å². The second kappa shape index (κ2) is 4.66. The van der Waals surface area contributed by atoms with Crippen molar-refractivity contribution in [2.24, 2.45) is 11.8 Å². The second-order valence-corrected chi connectivity index (χ2v) is 6.25. The van der Waals surface area contributed by atoms with Crippen LogP contribution in [0.4, 0.5) is 0 Å². The third-order valence-electron chi connectivity index (χ3n) is 5.42. The zero-order valence-electron chi connectivity index (χ0n) is 10.3. The van der Waals surface area contributed by atoms with E-state index in [1.54, 1.807) is 0 Å². The van der Waals surface area contributed by atoms with Crippen LogP contribution in [-0.2, 0) is 0 Å². The molecular weight excluding hydrogens is 198 g/mol. The lowest BCUT2D eigenvalue weighted by Crippen LogP contribution is -3.17. The van der Waals surface area contributed by atoms with E-state index in [0.29, 0.717) is 11.8 Å². The average Bonchev–Trinajstić information content (AvgIpc) is 2.30. The number of aliphatic hydroxyl groups is 1. The number of fused-ring (bicyclic) bond motifs is 2. The van der Waals surface area contributed by atoms with E-state index in [0.717, 1.165) is 6.04 Å². The predicted octanol–water partition coefficient (Wildman–Crippen LogP) is 0.995. The largest absolute Gasteiger partial charge is 0.392 e. The van der Waals surface area contributed by atoms with Crippen molar-refractivity contribution in [2.45, 2.75) is 63.5 Å². The third-order valence-corrected chi connectivity index (χ3v) is 5.42. The van der Waals surface area contributed by atoms with Crippen molar-refractivity contribution < 1.29 is 10.0 Å². The van der Waals surface area contributed by atoms with Gasteiger partial charge in [0.05, 0.1) is 25.2 Å². The molecule has 0 amide bonds. The van der Waals surface area contributed by atoms with Gasteiger partial charge in [-0.25, -0.2) is 0 Å². The summed E-state index contributed by atoms with van der Waals surface area (Å²) in [5.41, 5.74) is 0. The quantitative estimate of drug-likeness (QED) is 0.682. The fourth-order valence-electron chi connectivity index (χ4n) is 4.55. The van der Waals surface area contributed by atoms with Crippen LogP contribution >= 0.6 is 0 Å². The standard InChI is InChI=1S/C14H25NO/c16-14-11-5-4-6-12(14)13(8-7-11)15-9-2-1-3-10-15/h11-14,16H,1-10H2/p+1/t11-,12+,13+,14-/m1/s1. The van der Waals surface area contributed by atoms with E-state index in [-0.39, 0.29) is 6.10 Å². The van der Waals surface area contributed by atoms with Crippen molar-refractivity contribution in [3.8, 4) is 0 Å². The molecule has 3 fully saturated rings. The van der Waals surface area contributed by atoms with Gasteiger partial charge in [0.25, 0.3) is 0 Å². The molecule has 1 heterocycles. The molecule has 16 heavy (non-hydrogen) atoms. The molecule has 2 aliphatic carbocycles. The number of aliphatic hydroxyl groups excluding tert-OH is 1. The summed E-state index contributed by atoms with van der Waals surface area (Å²) in [5, 5.41) is 10.4. The summed E-state index contributed by atoms with van der Waals surface area (Å²) in [6.45, 7) is 2.75. The minimum absolute atomic E-state index is 0.0435. The number of quaternary nitrogens is 1. The smallest absolute Gasteiger partial charge is 0.0928 e. The first-order chi connectivity index (χ1) is 7.86. The van der Waals surface area contributed by atoms with Crippen LogP contribution in [-0.4, -0.2) is 30.3 Å². The molecule has 0 aromatic rings. The third kappa shape index (κ3) is 1.91. The van der Waals surface area contributed by atoms with Gasteiger partial charge < -0.3 is 10.0 Å². The molecule has 2 saturated carbocycles. The number of likely N-dealkylation sites (tertiary alicyclic amines) is 1. The van der Waals surface area contributed by atoms with E-state index >= 15 is 0 Å². The fourth-order valence-corrected chi connectivity index (χ4v) is 4.55. The van der Waals surface area contributed by atoms with Crippen LogP contribution in [0.3, 0.4) is 0 Å². The van der Waals surface area contributed by atoms with Gasteiger partial charge in [-0.2, -0.15) is 0 Å². The minimum Gasteiger partial charge on any atom is -0.392 e. The Balaban J connectivity index is 1.69. The molecular formula is C14H26NO+. The van der Waals surface area contributed by atoms with Gasteiger partial charge in [0.1, 0.15) is 0 Å². The number of hydrogen-bond donors (Lipinski definition) is 2. The van der Waals surface area contributed by atoms with Gasteiger partial charge in [0, 0.05) is 12.3 Å². The summed E-state index contributed by atoms with van der Waals surface area (Å²) in [4.78, 5) is 1.83. The molecule has 2 N–H and O–H groups in total. The fraction of sp³-hybridized carbons (Fsp3) is 1.00. The van der Waals surface area contributed by atoms with E-state index in [2.05, 4.69) is 0 Å². The predicted molar refractivity (Wildman–Crippen MR) is 64.4 cm³/mol. The van der Waals surface area contributed by atoms with Crippen LogP contribution in [0.15, 0.2) is 0 Å². The highest BCUT2D eigenvalue weighted by molar-refractivity contribution is 4.91. The van der Waals surface area contributed by atoms with Gasteiger partial charge in [-0.1, -0.05) is 6.42 Å². The Hall–Kier alpha value is -0.0800. The summed E-state index contributed by atoms with van der Waals surface area (Å²) in [6.07, 6.45) is 11.0. The molecule has 0 aromatic carbocycles. The average molecular weight is 224 g/mol. The summed E-state index contributed by atoms with van der Waals surface area (Å²) < 4.78 is 0. The van der Waals surface area contributed by atoms with Gasteiger partial charge in [0.2, 0.25) is 0 Å². The van der Waals surface area contributed by atoms with Gasteiger partial charge in [-0.05, 0) is 44.4 Å². The first-order valence-corrected chi connectivity index (χ1v) is 7.39. The maximum absolute atomic E-state index is 10.4. The molecule has 0 unspecified atom stereocenters. The van der Waals surface area contributed by atoms with Crippen molar-refractivity contribution in [2.75, 3.05) is 13.1 Å². The second-order valence-electron chi connectivity index (χ2n) is 6.25. The zero-order chi connectivity index (χ0) is 11.0. The van der Waals surface area contributed by atoms with E-state index in [1.165, 1.54) is 64.5 Å². The number of hydrogen-bond acceptors (Lipinski definition) is 1. The maximum Gasteiger partial charge on any atom is 0.0928 e. The van der Waals surface area contributed by atoms with Gasteiger partial charge in [-0.15, -0.1) is 0 Å². The summed E-state index contributed by atoms with van der Waals surface area (Å²) in [6, 6.07) is 0.798. The molecule has 0 aromatic heterocycles. The van der Waals surface area contributed by atoms with Crippen molar-refractivity contribution >= 4 is 0 Å². The lowest BCUT2D eigenvalue weighted by molar-refractivity contribution is -0.936.